The van der Waals surface area contributed by atoms with E-state index < -0.39 is 11.6 Å². The van der Waals surface area contributed by atoms with Gasteiger partial charge in [0.15, 0.2) is 0 Å². The third-order valence-corrected chi connectivity index (χ3v) is 2.02. The normalized spacial score (nSPS) is 10.2. The molecule has 0 aromatic heterocycles. The van der Waals surface area contributed by atoms with Crippen molar-refractivity contribution >= 4 is 21.6 Å². The first kappa shape index (κ1) is 10.4. The van der Waals surface area contributed by atoms with Gasteiger partial charge in [0.1, 0.15) is 17.3 Å². The van der Waals surface area contributed by atoms with Crippen LogP contribution in [0.2, 0.25) is 0 Å². The molecule has 0 aliphatic carbocycles. The van der Waals surface area contributed by atoms with Gasteiger partial charge in [-0.05, 0) is 18.6 Å². The second-order valence-corrected chi connectivity index (χ2v) is 3.59. The number of hydrogen-bond donors (Lipinski definition) is 1. The Bertz CT molecular complexity index is 279. The molecule has 4 heteroatoms. The minimum atomic E-state index is -0.569. The predicted molar refractivity (Wildman–Crippen MR) is 52.8 cm³/mol. The van der Waals surface area contributed by atoms with E-state index in [9.17, 15) is 8.78 Å². The van der Waals surface area contributed by atoms with Gasteiger partial charge < -0.3 is 5.32 Å². The zero-order valence-electron chi connectivity index (χ0n) is 7.20. The largest absolute Gasteiger partial charge is 0.380 e. The molecule has 1 aromatic rings. The standard InChI is InChI=1S/C9H10BrF2N/c1-2-3-13-9-7(11)4-6(10)5-8(9)12/h4-5,13H,2-3H2,1H3. The molecule has 1 N–H and O–H groups in total. The van der Waals surface area contributed by atoms with Crippen molar-refractivity contribution in [3.05, 3.63) is 28.2 Å². The molecule has 0 radical (unpaired) electrons. The molecular weight excluding hydrogens is 240 g/mol. The molecule has 0 atom stereocenters. The topological polar surface area (TPSA) is 12.0 Å². The fourth-order valence-electron chi connectivity index (χ4n) is 0.961. The summed E-state index contributed by atoms with van der Waals surface area (Å²) in [5, 5.41) is 2.69. The lowest BCUT2D eigenvalue weighted by atomic mass is 10.3. The molecule has 0 aliphatic heterocycles. The summed E-state index contributed by atoms with van der Waals surface area (Å²) < 4.78 is 26.6. The van der Waals surface area contributed by atoms with Crippen LogP contribution in [-0.2, 0) is 0 Å². The second kappa shape index (κ2) is 4.56. The average molecular weight is 250 g/mol. The zero-order chi connectivity index (χ0) is 9.84. The first-order valence-electron chi connectivity index (χ1n) is 4.03. The monoisotopic (exact) mass is 249 g/mol. The number of benzene rings is 1. The van der Waals surface area contributed by atoms with Crippen molar-refractivity contribution in [2.24, 2.45) is 0 Å². The highest BCUT2D eigenvalue weighted by molar-refractivity contribution is 9.10. The van der Waals surface area contributed by atoms with E-state index in [1.807, 2.05) is 6.92 Å². The van der Waals surface area contributed by atoms with Crippen LogP contribution >= 0.6 is 15.9 Å². The molecule has 1 aromatic carbocycles. The summed E-state index contributed by atoms with van der Waals surface area (Å²) in [7, 11) is 0. The van der Waals surface area contributed by atoms with E-state index in [1.165, 1.54) is 12.1 Å². The summed E-state index contributed by atoms with van der Waals surface area (Å²) in [4.78, 5) is 0. The van der Waals surface area contributed by atoms with Crippen LogP contribution in [0.25, 0.3) is 0 Å². The van der Waals surface area contributed by atoms with Crippen LogP contribution in [0, 0.1) is 11.6 Å². The summed E-state index contributed by atoms with van der Waals surface area (Å²) in [6.07, 6.45) is 0.828. The molecule has 1 rings (SSSR count). The van der Waals surface area contributed by atoms with Gasteiger partial charge in [0.05, 0.1) is 0 Å². The van der Waals surface area contributed by atoms with Crippen molar-refractivity contribution in [1.29, 1.82) is 0 Å². The van der Waals surface area contributed by atoms with E-state index in [1.54, 1.807) is 0 Å². The highest BCUT2D eigenvalue weighted by atomic mass is 79.9. The Morgan fingerprint density at radius 2 is 1.85 bits per heavy atom. The Hall–Kier alpha value is -0.640. The van der Waals surface area contributed by atoms with Crippen molar-refractivity contribution in [3.8, 4) is 0 Å². The van der Waals surface area contributed by atoms with E-state index in [2.05, 4.69) is 21.2 Å². The second-order valence-electron chi connectivity index (χ2n) is 2.67. The van der Waals surface area contributed by atoms with Crippen molar-refractivity contribution < 1.29 is 8.78 Å². The summed E-state index contributed by atoms with van der Waals surface area (Å²) in [6.45, 7) is 2.50. The maximum Gasteiger partial charge on any atom is 0.150 e. The summed E-state index contributed by atoms with van der Waals surface area (Å²) in [5.41, 5.74) is -0.0509. The highest BCUT2D eigenvalue weighted by Crippen LogP contribution is 2.23. The fourth-order valence-corrected chi connectivity index (χ4v) is 1.36. The number of anilines is 1. The third-order valence-electron chi connectivity index (χ3n) is 1.56. The molecule has 0 amide bonds. The van der Waals surface area contributed by atoms with Crippen LogP contribution in [0.3, 0.4) is 0 Å². The molecule has 0 fully saturated rings. The Morgan fingerprint density at radius 1 is 1.31 bits per heavy atom. The van der Waals surface area contributed by atoms with Crippen LogP contribution in [0.15, 0.2) is 16.6 Å². The summed E-state index contributed by atoms with van der Waals surface area (Å²) in [5.74, 6) is -1.14. The molecule has 0 spiro atoms. The average Bonchev–Trinajstić information content (AvgIpc) is 2.02. The predicted octanol–water partition coefficient (Wildman–Crippen LogP) is 3.55. The first-order valence-corrected chi connectivity index (χ1v) is 4.83. The van der Waals surface area contributed by atoms with Crippen LogP contribution in [0.5, 0.6) is 0 Å². The molecule has 1 nitrogen and oxygen atoms in total. The lowest BCUT2D eigenvalue weighted by Gasteiger charge is -2.07. The Kier molecular flexibility index (Phi) is 3.66. The van der Waals surface area contributed by atoms with E-state index in [0.717, 1.165) is 6.42 Å². The molecule has 0 heterocycles. The van der Waals surface area contributed by atoms with E-state index in [4.69, 9.17) is 0 Å². The molecule has 0 unspecified atom stereocenters. The molecule has 0 bridgehead atoms. The maximum absolute atomic E-state index is 13.1. The number of hydrogen-bond acceptors (Lipinski definition) is 1. The Balaban J connectivity index is 2.92. The van der Waals surface area contributed by atoms with Crippen LogP contribution in [0.4, 0.5) is 14.5 Å². The molecule has 72 valence electrons. The van der Waals surface area contributed by atoms with Gasteiger partial charge in [0.2, 0.25) is 0 Å². The van der Waals surface area contributed by atoms with Gasteiger partial charge in [-0.1, -0.05) is 22.9 Å². The summed E-state index contributed by atoms with van der Waals surface area (Å²) >= 11 is 3.01. The maximum atomic E-state index is 13.1. The lowest BCUT2D eigenvalue weighted by Crippen LogP contribution is -2.04. The highest BCUT2D eigenvalue weighted by Gasteiger charge is 2.08. The number of rotatable bonds is 3. The first-order chi connectivity index (χ1) is 6.15. The quantitative estimate of drug-likeness (QED) is 0.864. The summed E-state index contributed by atoms with van der Waals surface area (Å²) in [6, 6.07) is 2.47. The van der Waals surface area contributed by atoms with Gasteiger partial charge in [-0.2, -0.15) is 0 Å². The van der Waals surface area contributed by atoms with Gasteiger partial charge in [0.25, 0.3) is 0 Å². The fraction of sp³-hybridized carbons (Fsp3) is 0.333. The Morgan fingerprint density at radius 3 is 2.31 bits per heavy atom. The smallest absolute Gasteiger partial charge is 0.150 e. The SMILES string of the molecule is CCCNc1c(F)cc(Br)cc1F. The van der Waals surface area contributed by atoms with E-state index in [-0.39, 0.29) is 5.69 Å². The van der Waals surface area contributed by atoms with Gasteiger partial charge in [-0.15, -0.1) is 0 Å². The molecule has 13 heavy (non-hydrogen) atoms. The zero-order valence-corrected chi connectivity index (χ0v) is 8.79. The molecular formula is C9H10BrF2N. The van der Waals surface area contributed by atoms with Gasteiger partial charge in [-0.3, -0.25) is 0 Å². The van der Waals surface area contributed by atoms with Crippen LogP contribution in [-0.4, -0.2) is 6.54 Å². The third kappa shape index (κ3) is 2.66. The van der Waals surface area contributed by atoms with Crippen molar-refractivity contribution in [2.75, 3.05) is 11.9 Å². The van der Waals surface area contributed by atoms with Gasteiger partial charge >= 0.3 is 0 Å². The minimum absolute atomic E-state index is 0.0509. The van der Waals surface area contributed by atoms with E-state index in [0.29, 0.717) is 11.0 Å². The number of halogens is 3. The van der Waals surface area contributed by atoms with E-state index >= 15 is 0 Å². The minimum Gasteiger partial charge on any atom is -0.380 e. The van der Waals surface area contributed by atoms with Gasteiger partial charge in [-0.25, -0.2) is 8.78 Å². The lowest BCUT2D eigenvalue weighted by molar-refractivity contribution is 0.586. The molecule has 0 saturated heterocycles. The molecule has 0 saturated carbocycles. The van der Waals surface area contributed by atoms with Crippen LogP contribution < -0.4 is 5.32 Å². The van der Waals surface area contributed by atoms with Crippen molar-refractivity contribution in [2.45, 2.75) is 13.3 Å². The Labute approximate surface area is 84.3 Å². The van der Waals surface area contributed by atoms with Crippen LogP contribution in [0.1, 0.15) is 13.3 Å². The van der Waals surface area contributed by atoms with Crippen molar-refractivity contribution in [3.63, 3.8) is 0 Å². The molecule has 0 aliphatic rings. The number of nitrogens with one attached hydrogen (secondary N) is 1. The van der Waals surface area contributed by atoms with Crippen molar-refractivity contribution in [1.82, 2.24) is 0 Å². The van der Waals surface area contributed by atoms with Gasteiger partial charge in [0, 0.05) is 11.0 Å².